The second kappa shape index (κ2) is 14.6. The van der Waals surface area contributed by atoms with Crippen molar-refractivity contribution in [1.82, 2.24) is 15.1 Å². The molecule has 0 bridgehead atoms. The Balaban J connectivity index is 2.46. The molecule has 0 saturated carbocycles. The number of amides is 3. The van der Waals surface area contributed by atoms with Crippen LogP contribution in [0.5, 0.6) is 0 Å². The number of unbranched alkanes of at least 4 members (excludes halogenated alkanes) is 3. The molecule has 10 nitrogen and oxygen atoms in total. The number of piperazine rings is 1. The van der Waals surface area contributed by atoms with Gasteiger partial charge in [-0.3, -0.25) is 24.0 Å². The van der Waals surface area contributed by atoms with Crippen LogP contribution in [0.3, 0.4) is 0 Å². The fourth-order valence-corrected chi connectivity index (χ4v) is 3.71. The van der Waals surface area contributed by atoms with Crippen LogP contribution < -0.4 is 5.32 Å². The molecule has 0 aliphatic carbocycles. The molecule has 34 heavy (non-hydrogen) atoms. The minimum absolute atomic E-state index is 0.0790. The maximum Gasteiger partial charge on any atom is 0.303 e. The summed E-state index contributed by atoms with van der Waals surface area (Å²) in [6, 6.07) is 0. The lowest BCUT2D eigenvalue weighted by Gasteiger charge is -2.35. The second-order valence-electron chi connectivity index (χ2n) is 9.37. The second-order valence-corrected chi connectivity index (χ2v) is 9.37. The van der Waals surface area contributed by atoms with E-state index in [0.29, 0.717) is 32.6 Å². The van der Waals surface area contributed by atoms with Crippen molar-refractivity contribution < 1.29 is 33.4 Å². The highest BCUT2D eigenvalue weighted by Gasteiger charge is 2.39. The maximum atomic E-state index is 12.7. The molecule has 1 atom stereocenters. The summed E-state index contributed by atoms with van der Waals surface area (Å²) in [6.45, 7) is 9.84. The summed E-state index contributed by atoms with van der Waals surface area (Å²) in [4.78, 5) is 63.7. The normalized spacial score (nSPS) is 14.9. The van der Waals surface area contributed by atoms with Crippen molar-refractivity contribution in [2.24, 2.45) is 5.41 Å². The molecule has 0 aromatic heterocycles. The van der Waals surface area contributed by atoms with E-state index < -0.39 is 29.4 Å². The molecule has 1 N–H and O–H groups in total. The number of carbonyl (C=O) groups is 5. The van der Waals surface area contributed by atoms with E-state index in [1.807, 2.05) is 4.90 Å². The quantitative estimate of drug-likeness (QED) is 0.312. The van der Waals surface area contributed by atoms with Crippen molar-refractivity contribution in [2.75, 3.05) is 39.3 Å². The highest BCUT2D eigenvalue weighted by molar-refractivity contribution is 5.85. The van der Waals surface area contributed by atoms with E-state index >= 15 is 0 Å². The van der Waals surface area contributed by atoms with E-state index in [9.17, 15) is 24.0 Å². The number of nitrogens with zero attached hydrogens (tertiary/aromatic N) is 2. The smallest absolute Gasteiger partial charge is 0.303 e. The summed E-state index contributed by atoms with van der Waals surface area (Å²) >= 11 is 0. The number of hydrogen-bond donors (Lipinski definition) is 1. The van der Waals surface area contributed by atoms with Crippen LogP contribution in [0.1, 0.15) is 73.1 Å². The molecule has 0 spiro atoms. The van der Waals surface area contributed by atoms with Crippen LogP contribution in [0.4, 0.5) is 0 Å². The van der Waals surface area contributed by atoms with Crippen LogP contribution in [0.2, 0.25) is 0 Å². The minimum Gasteiger partial charge on any atom is -0.465 e. The molecule has 0 aromatic carbocycles. The third kappa shape index (κ3) is 10.5. The minimum atomic E-state index is -1.17. The Kier molecular flexibility index (Phi) is 12.6. The fourth-order valence-electron chi connectivity index (χ4n) is 3.71. The molecule has 10 heteroatoms. The first-order valence-corrected chi connectivity index (χ1v) is 12.1. The van der Waals surface area contributed by atoms with E-state index in [2.05, 4.69) is 12.2 Å². The number of carbonyl (C=O) groups excluding carboxylic acids is 5. The zero-order chi connectivity index (χ0) is 25.7. The zero-order valence-electron chi connectivity index (χ0n) is 21.3. The summed E-state index contributed by atoms with van der Waals surface area (Å²) < 4.78 is 10.2. The van der Waals surface area contributed by atoms with Gasteiger partial charge in [0, 0.05) is 64.8 Å². The van der Waals surface area contributed by atoms with E-state index in [4.69, 9.17) is 9.47 Å². The van der Waals surface area contributed by atoms with Crippen molar-refractivity contribution in [3.05, 3.63) is 0 Å². The Morgan fingerprint density at radius 1 is 0.853 bits per heavy atom. The Bertz CT molecular complexity index is 715. The number of ether oxygens (including phenoxy) is 2. The van der Waals surface area contributed by atoms with E-state index in [0.717, 1.165) is 25.7 Å². The van der Waals surface area contributed by atoms with Crippen LogP contribution in [-0.2, 0) is 33.4 Å². The van der Waals surface area contributed by atoms with Gasteiger partial charge in [0.1, 0.15) is 6.61 Å². The van der Waals surface area contributed by atoms with Crippen LogP contribution in [-0.4, -0.2) is 84.9 Å². The standard InChI is InChI=1S/C24H41N3O7/c1-6-7-8-9-10-20(30)26-13-15-27(16-14-26)21(31)11-12-25-23(32)22(34-19(3)29)24(4,5)17-33-18(2)28/h22H,6-17H2,1-5H3,(H,25,32). The largest absolute Gasteiger partial charge is 0.465 e. The first kappa shape index (κ1) is 29.4. The molecule has 0 radical (unpaired) electrons. The number of nitrogens with one attached hydrogen (secondary N) is 1. The van der Waals surface area contributed by atoms with Gasteiger partial charge in [-0.25, -0.2) is 0 Å². The van der Waals surface area contributed by atoms with Gasteiger partial charge >= 0.3 is 11.9 Å². The molecule has 1 unspecified atom stereocenters. The summed E-state index contributed by atoms with van der Waals surface area (Å²) in [7, 11) is 0. The van der Waals surface area contributed by atoms with Crippen LogP contribution in [0, 0.1) is 5.41 Å². The van der Waals surface area contributed by atoms with Gasteiger partial charge in [-0.15, -0.1) is 0 Å². The monoisotopic (exact) mass is 483 g/mol. The third-order valence-corrected chi connectivity index (χ3v) is 5.75. The fraction of sp³-hybridized carbons (Fsp3) is 0.792. The van der Waals surface area contributed by atoms with Gasteiger partial charge in [0.25, 0.3) is 5.91 Å². The predicted octanol–water partition coefficient (Wildman–Crippen LogP) is 1.65. The summed E-state index contributed by atoms with van der Waals surface area (Å²) in [5.74, 6) is -1.66. The van der Waals surface area contributed by atoms with Crippen LogP contribution in [0.15, 0.2) is 0 Å². The zero-order valence-corrected chi connectivity index (χ0v) is 21.3. The molecule has 1 fully saturated rings. The molecule has 1 saturated heterocycles. The lowest BCUT2D eigenvalue weighted by molar-refractivity contribution is -0.166. The molecule has 1 rings (SSSR count). The molecular weight excluding hydrogens is 442 g/mol. The molecule has 1 aliphatic heterocycles. The van der Waals surface area contributed by atoms with Crippen molar-refractivity contribution in [2.45, 2.75) is 79.2 Å². The van der Waals surface area contributed by atoms with Gasteiger partial charge < -0.3 is 24.6 Å². The average Bonchev–Trinajstić information content (AvgIpc) is 2.78. The predicted molar refractivity (Wildman–Crippen MR) is 126 cm³/mol. The van der Waals surface area contributed by atoms with Gasteiger partial charge in [-0.05, 0) is 6.42 Å². The van der Waals surface area contributed by atoms with E-state index in [-0.39, 0.29) is 31.4 Å². The van der Waals surface area contributed by atoms with Gasteiger partial charge in [0.05, 0.1) is 0 Å². The highest BCUT2D eigenvalue weighted by Crippen LogP contribution is 2.25. The Morgan fingerprint density at radius 2 is 1.41 bits per heavy atom. The van der Waals surface area contributed by atoms with Gasteiger partial charge in [0.15, 0.2) is 6.10 Å². The summed E-state index contributed by atoms with van der Waals surface area (Å²) in [5.41, 5.74) is -0.954. The highest BCUT2D eigenvalue weighted by atomic mass is 16.6. The molecule has 0 aromatic rings. The number of hydrogen-bond acceptors (Lipinski definition) is 7. The molecule has 1 aliphatic rings. The van der Waals surface area contributed by atoms with E-state index in [1.165, 1.54) is 13.8 Å². The van der Waals surface area contributed by atoms with Gasteiger partial charge in [-0.2, -0.15) is 0 Å². The summed E-state index contributed by atoms with van der Waals surface area (Å²) in [6.07, 6.45) is 3.70. The van der Waals surface area contributed by atoms with Crippen molar-refractivity contribution in [3.63, 3.8) is 0 Å². The number of rotatable bonds is 13. The van der Waals surface area contributed by atoms with Gasteiger partial charge in [-0.1, -0.05) is 40.0 Å². The Hall–Kier alpha value is -2.65. The van der Waals surface area contributed by atoms with Crippen molar-refractivity contribution in [3.8, 4) is 0 Å². The lowest BCUT2D eigenvalue weighted by atomic mass is 9.86. The molecular formula is C24H41N3O7. The van der Waals surface area contributed by atoms with Gasteiger partial charge in [0.2, 0.25) is 11.8 Å². The van der Waals surface area contributed by atoms with Crippen LogP contribution in [0.25, 0.3) is 0 Å². The molecule has 194 valence electrons. The topological polar surface area (TPSA) is 122 Å². The number of esters is 2. The first-order chi connectivity index (χ1) is 16.0. The Morgan fingerprint density at radius 3 is 1.91 bits per heavy atom. The van der Waals surface area contributed by atoms with Crippen LogP contribution >= 0.6 is 0 Å². The SMILES string of the molecule is CCCCCCC(=O)N1CCN(C(=O)CCNC(=O)C(OC(C)=O)C(C)(C)COC(C)=O)CC1. The lowest BCUT2D eigenvalue weighted by Crippen LogP contribution is -2.51. The maximum absolute atomic E-state index is 12.7. The Labute approximate surface area is 202 Å². The first-order valence-electron chi connectivity index (χ1n) is 12.1. The van der Waals surface area contributed by atoms with Crippen molar-refractivity contribution >= 4 is 29.7 Å². The molecule has 1 heterocycles. The summed E-state index contributed by atoms with van der Waals surface area (Å²) in [5, 5.41) is 2.64. The van der Waals surface area contributed by atoms with Crippen molar-refractivity contribution in [1.29, 1.82) is 0 Å². The average molecular weight is 484 g/mol. The van der Waals surface area contributed by atoms with E-state index in [1.54, 1.807) is 18.7 Å². The molecule has 3 amide bonds. The third-order valence-electron chi connectivity index (χ3n) is 5.75.